The number of halogens is 3. The van der Waals surface area contributed by atoms with E-state index in [-0.39, 0.29) is 24.8 Å². The monoisotopic (exact) mass is 488 g/mol. The zero-order valence-corrected chi connectivity index (χ0v) is 19.7. The van der Waals surface area contributed by atoms with Crippen LogP contribution in [0.4, 0.5) is 0 Å². The average Bonchev–Trinajstić information content (AvgIpc) is 3.07. The first-order valence-corrected chi connectivity index (χ1v) is 11.8. The normalized spacial score (nSPS) is 14.1. The maximum Gasteiger partial charge on any atom is 0.0960 e. The van der Waals surface area contributed by atoms with Gasteiger partial charge in [-0.1, -0.05) is 38.5 Å². The Balaban J connectivity index is 0.00000288. The predicted octanol–water partition coefficient (Wildman–Crippen LogP) is 6.91. The summed E-state index contributed by atoms with van der Waals surface area (Å²) in [6.07, 6.45) is 13.1. The summed E-state index contributed by atoms with van der Waals surface area (Å²) in [6.45, 7) is 2.65. The van der Waals surface area contributed by atoms with Crippen LogP contribution in [0, 0.1) is 0 Å². The average molecular weight is 490 g/mol. The fourth-order valence-corrected chi connectivity index (χ4v) is 4.87. The predicted molar refractivity (Wildman–Crippen MR) is 123 cm³/mol. The number of hydrogen-bond donors (Lipinski definition) is 0. The molecule has 1 aromatic heterocycles. The number of rotatable bonds is 12. The molecule has 1 saturated heterocycles. The molecule has 2 heterocycles. The van der Waals surface area contributed by atoms with Crippen LogP contribution in [0.2, 0.25) is 0 Å². The lowest BCUT2D eigenvalue weighted by Crippen LogP contribution is -2.20. The molecule has 0 bridgehead atoms. The second kappa shape index (κ2) is 17.0. The molecule has 0 unspecified atom stereocenters. The molecule has 1 aromatic rings. The van der Waals surface area contributed by atoms with Crippen molar-refractivity contribution in [3.8, 4) is 0 Å². The van der Waals surface area contributed by atoms with E-state index in [2.05, 4.69) is 49.7 Å². The van der Waals surface area contributed by atoms with Gasteiger partial charge in [-0.15, -0.1) is 48.3 Å². The molecule has 0 aromatic carbocycles. The van der Waals surface area contributed by atoms with E-state index in [1.807, 2.05) is 18.0 Å². The third kappa shape index (κ3) is 12.8. The Bertz CT molecular complexity index is 418. The molecule has 0 saturated carbocycles. The molecule has 2 rings (SSSR count). The van der Waals surface area contributed by atoms with Gasteiger partial charge in [0.1, 0.15) is 0 Å². The van der Waals surface area contributed by atoms with Gasteiger partial charge in [-0.25, -0.2) is 4.98 Å². The summed E-state index contributed by atoms with van der Waals surface area (Å²) in [5, 5.41) is 1.14. The highest BCUT2D eigenvalue weighted by Gasteiger charge is 2.10. The van der Waals surface area contributed by atoms with Gasteiger partial charge in [-0.2, -0.15) is 0 Å². The zero-order valence-electron chi connectivity index (χ0n) is 14.8. The SMILES string of the molecule is Brc1ccc(SCCCCCCCCCCN2CCSC2)nc1.Cl.Cl. The number of hydrogen-bond acceptors (Lipinski definition) is 4. The van der Waals surface area contributed by atoms with Gasteiger partial charge in [0.2, 0.25) is 0 Å². The Hall–Kier alpha value is 0.870. The molecule has 0 spiro atoms. The summed E-state index contributed by atoms with van der Waals surface area (Å²) in [6, 6.07) is 4.16. The van der Waals surface area contributed by atoms with Gasteiger partial charge < -0.3 is 0 Å². The van der Waals surface area contributed by atoms with E-state index >= 15 is 0 Å². The van der Waals surface area contributed by atoms with E-state index in [4.69, 9.17) is 0 Å². The first-order chi connectivity index (χ1) is 11.3. The largest absolute Gasteiger partial charge is 0.293 e. The Labute approximate surface area is 183 Å². The molecular weight excluding hydrogens is 459 g/mol. The molecular formula is C18H31BrCl2N2S2. The quantitative estimate of drug-likeness (QED) is 0.234. The summed E-state index contributed by atoms with van der Waals surface area (Å²) in [5.41, 5.74) is 0. The molecule has 0 radical (unpaired) electrons. The van der Waals surface area contributed by atoms with Gasteiger partial charge in [0.25, 0.3) is 0 Å². The second-order valence-electron chi connectivity index (χ2n) is 6.15. The van der Waals surface area contributed by atoms with Gasteiger partial charge in [-0.05, 0) is 53.2 Å². The third-order valence-electron chi connectivity index (χ3n) is 4.14. The highest BCUT2D eigenvalue weighted by atomic mass is 79.9. The number of unbranched alkanes of at least 4 members (excludes halogenated alkanes) is 7. The molecule has 2 nitrogen and oxygen atoms in total. The van der Waals surface area contributed by atoms with Crippen LogP contribution in [0.5, 0.6) is 0 Å². The highest BCUT2D eigenvalue weighted by molar-refractivity contribution is 9.10. The van der Waals surface area contributed by atoms with Crippen molar-refractivity contribution in [1.82, 2.24) is 9.88 Å². The minimum Gasteiger partial charge on any atom is -0.293 e. The summed E-state index contributed by atoms with van der Waals surface area (Å²) in [4.78, 5) is 6.99. The first kappa shape index (κ1) is 25.9. The van der Waals surface area contributed by atoms with Crippen molar-refractivity contribution < 1.29 is 0 Å². The van der Waals surface area contributed by atoms with Crippen LogP contribution in [-0.2, 0) is 0 Å². The standard InChI is InChI=1S/C18H29BrN2S2.2ClH/c19-17-9-10-18(20-15-17)23-13-8-6-4-2-1-3-5-7-11-21-12-14-22-16-21;;/h9-10,15H,1-8,11-14,16H2;2*1H. The molecule has 1 aliphatic rings. The zero-order chi connectivity index (χ0) is 16.2. The lowest BCUT2D eigenvalue weighted by atomic mass is 10.1. The topological polar surface area (TPSA) is 16.1 Å². The molecule has 0 amide bonds. The van der Waals surface area contributed by atoms with Crippen LogP contribution in [0.1, 0.15) is 51.4 Å². The molecule has 146 valence electrons. The van der Waals surface area contributed by atoms with Gasteiger partial charge >= 0.3 is 0 Å². The van der Waals surface area contributed by atoms with Crippen LogP contribution in [0.15, 0.2) is 27.8 Å². The van der Waals surface area contributed by atoms with Crippen molar-refractivity contribution in [1.29, 1.82) is 0 Å². The molecule has 1 aliphatic heterocycles. The van der Waals surface area contributed by atoms with E-state index in [0.717, 1.165) is 9.50 Å². The lowest BCUT2D eigenvalue weighted by molar-refractivity contribution is 0.343. The number of thioether (sulfide) groups is 2. The van der Waals surface area contributed by atoms with E-state index in [9.17, 15) is 0 Å². The fourth-order valence-electron chi connectivity index (χ4n) is 2.75. The molecule has 0 N–H and O–H groups in total. The van der Waals surface area contributed by atoms with E-state index < -0.39 is 0 Å². The van der Waals surface area contributed by atoms with Gasteiger partial charge in [0, 0.05) is 28.8 Å². The number of aromatic nitrogens is 1. The molecule has 25 heavy (non-hydrogen) atoms. The maximum absolute atomic E-state index is 4.39. The van der Waals surface area contributed by atoms with Crippen molar-refractivity contribution in [3.05, 3.63) is 22.8 Å². The third-order valence-corrected chi connectivity index (χ3v) is 6.66. The molecule has 0 atom stereocenters. The Kier molecular flexibility index (Phi) is 17.6. The van der Waals surface area contributed by atoms with Crippen molar-refractivity contribution in [2.45, 2.75) is 56.4 Å². The minimum absolute atomic E-state index is 0. The van der Waals surface area contributed by atoms with Gasteiger partial charge in [0.05, 0.1) is 5.03 Å². The smallest absolute Gasteiger partial charge is 0.0960 e. The Morgan fingerprint density at radius 3 is 2.28 bits per heavy atom. The van der Waals surface area contributed by atoms with Crippen LogP contribution >= 0.6 is 64.3 Å². The molecule has 1 fully saturated rings. The molecule has 7 heteroatoms. The van der Waals surface area contributed by atoms with Crippen LogP contribution in [0.25, 0.3) is 0 Å². The van der Waals surface area contributed by atoms with E-state index in [1.54, 1.807) is 0 Å². The Morgan fingerprint density at radius 2 is 1.68 bits per heavy atom. The number of pyridine rings is 1. The van der Waals surface area contributed by atoms with Crippen LogP contribution in [0.3, 0.4) is 0 Å². The van der Waals surface area contributed by atoms with E-state index in [1.165, 1.54) is 81.8 Å². The van der Waals surface area contributed by atoms with Gasteiger partial charge in [-0.3, -0.25) is 4.90 Å². The van der Waals surface area contributed by atoms with Crippen molar-refractivity contribution in [3.63, 3.8) is 0 Å². The second-order valence-corrected chi connectivity index (χ2v) is 9.25. The lowest BCUT2D eigenvalue weighted by Gasteiger charge is -2.12. The fraction of sp³-hybridized carbons (Fsp3) is 0.722. The molecule has 0 aliphatic carbocycles. The van der Waals surface area contributed by atoms with Gasteiger partial charge in [0.15, 0.2) is 0 Å². The van der Waals surface area contributed by atoms with Crippen molar-refractivity contribution in [2.75, 3.05) is 30.5 Å². The van der Waals surface area contributed by atoms with E-state index in [0.29, 0.717) is 0 Å². The summed E-state index contributed by atoms with van der Waals surface area (Å²) in [7, 11) is 0. The maximum atomic E-state index is 4.39. The number of nitrogens with zero attached hydrogens (tertiary/aromatic N) is 2. The summed E-state index contributed by atoms with van der Waals surface area (Å²) < 4.78 is 1.06. The summed E-state index contributed by atoms with van der Waals surface area (Å²) >= 11 is 7.38. The minimum atomic E-state index is 0. The highest BCUT2D eigenvalue weighted by Crippen LogP contribution is 2.20. The van der Waals surface area contributed by atoms with Crippen LogP contribution in [-0.4, -0.2) is 40.4 Å². The van der Waals surface area contributed by atoms with Crippen molar-refractivity contribution in [2.24, 2.45) is 0 Å². The first-order valence-electron chi connectivity index (χ1n) is 8.89. The Morgan fingerprint density at radius 1 is 1.00 bits per heavy atom. The summed E-state index contributed by atoms with van der Waals surface area (Å²) in [5.74, 6) is 3.81. The van der Waals surface area contributed by atoms with Crippen molar-refractivity contribution >= 4 is 64.3 Å². The van der Waals surface area contributed by atoms with Crippen LogP contribution < -0.4 is 0 Å².